The maximum absolute atomic E-state index is 11.4. The highest BCUT2D eigenvalue weighted by molar-refractivity contribution is 6.22. The largest absolute Gasteiger partial charge is 0.314 e. The summed E-state index contributed by atoms with van der Waals surface area (Å²) in [4.78, 5) is 11.4. The van der Waals surface area contributed by atoms with Gasteiger partial charge in [0.15, 0.2) is 0 Å². The molecule has 0 saturated carbocycles. The van der Waals surface area contributed by atoms with Gasteiger partial charge in [-0.3, -0.25) is 4.79 Å². The molecule has 0 atom stereocenters. The summed E-state index contributed by atoms with van der Waals surface area (Å²) in [5, 5.41) is 3.25. The fourth-order valence-electron chi connectivity index (χ4n) is 1.25. The molecule has 1 N–H and O–H groups in total. The molecule has 0 fully saturated rings. The summed E-state index contributed by atoms with van der Waals surface area (Å²) in [6.45, 7) is 3.24. The molecular formula is C11H16Cl2N2O. The second kappa shape index (κ2) is 6.28. The second-order valence-electron chi connectivity index (χ2n) is 3.99. The number of halogens is 2. The minimum atomic E-state index is -0.276. The van der Waals surface area contributed by atoms with E-state index in [9.17, 15) is 4.79 Å². The first-order valence-electron chi connectivity index (χ1n) is 5.14. The van der Waals surface area contributed by atoms with E-state index in [1.807, 2.05) is 13.0 Å². The lowest BCUT2D eigenvalue weighted by Gasteiger charge is -2.26. The number of nitrogens with zero attached hydrogens (tertiary/aromatic N) is 1. The smallest absolute Gasteiger partial charge is 0.250 e. The van der Waals surface area contributed by atoms with Crippen molar-refractivity contribution in [2.45, 2.75) is 19.0 Å². The Morgan fingerprint density at radius 2 is 2.06 bits per heavy atom. The Morgan fingerprint density at radius 1 is 1.38 bits per heavy atom. The predicted octanol–water partition coefficient (Wildman–Crippen LogP) is 1.67. The number of aromatic nitrogens is 1. The van der Waals surface area contributed by atoms with Crippen LogP contribution in [0.2, 0.25) is 0 Å². The van der Waals surface area contributed by atoms with E-state index in [1.54, 1.807) is 22.9 Å². The molecule has 0 amide bonds. The zero-order valence-corrected chi connectivity index (χ0v) is 10.8. The molecule has 0 unspecified atom stereocenters. The van der Waals surface area contributed by atoms with E-state index in [2.05, 4.69) is 5.32 Å². The summed E-state index contributed by atoms with van der Waals surface area (Å²) in [7, 11) is 0. The van der Waals surface area contributed by atoms with Crippen LogP contribution in [0.25, 0.3) is 0 Å². The van der Waals surface area contributed by atoms with Gasteiger partial charge in [0, 0.05) is 42.7 Å². The third-order valence-electron chi connectivity index (χ3n) is 2.39. The zero-order chi connectivity index (χ0) is 12.0. The maximum Gasteiger partial charge on any atom is 0.250 e. The van der Waals surface area contributed by atoms with Crippen molar-refractivity contribution < 1.29 is 0 Å². The van der Waals surface area contributed by atoms with Crippen LogP contribution in [-0.4, -0.2) is 28.4 Å². The summed E-state index contributed by atoms with van der Waals surface area (Å²) in [6, 6.07) is 5.11. The van der Waals surface area contributed by atoms with Crippen LogP contribution in [0.4, 0.5) is 0 Å². The summed E-state index contributed by atoms with van der Waals surface area (Å²) in [6.07, 6.45) is 1.77. The van der Waals surface area contributed by atoms with Crippen LogP contribution in [-0.2, 0) is 6.54 Å². The molecule has 1 aromatic rings. The highest BCUT2D eigenvalue weighted by Crippen LogP contribution is 2.08. The average molecular weight is 263 g/mol. The Labute approximate surface area is 105 Å². The van der Waals surface area contributed by atoms with Gasteiger partial charge < -0.3 is 9.88 Å². The fourth-order valence-corrected chi connectivity index (χ4v) is 1.73. The van der Waals surface area contributed by atoms with Crippen LogP contribution < -0.4 is 10.9 Å². The van der Waals surface area contributed by atoms with E-state index >= 15 is 0 Å². The van der Waals surface area contributed by atoms with E-state index in [1.165, 1.54) is 0 Å². The zero-order valence-electron chi connectivity index (χ0n) is 9.25. The van der Waals surface area contributed by atoms with E-state index < -0.39 is 0 Å². The maximum atomic E-state index is 11.4. The van der Waals surface area contributed by atoms with Gasteiger partial charge in [-0.15, -0.1) is 23.2 Å². The van der Waals surface area contributed by atoms with Crippen LogP contribution in [0.5, 0.6) is 0 Å². The average Bonchev–Trinajstić information content (AvgIpc) is 2.31. The number of rotatable bonds is 6. The lowest BCUT2D eigenvalue weighted by atomic mass is 10.1. The van der Waals surface area contributed by atoms with E-state index in [4.69, 9.17) is 23.2 Å². The molecule has 1 aromatic heterocycles. The van der Waals surface area contributed by atoms with Crippen molar-refractivity contribution >= 4 is 23.2 Å². The van der Waals surface area contributed by atoms with Crippen LogP contribution in [0, 0.1) is 0 Å². The Balaban J connectivity index is 2.48. The molecule has 0 aliphatic heterocycles. The Hall–Kier alpha value is -0.510. The molecule has 3 nitrogen and oxygen atoms in total. The predicted molar refractivity (Wildman–Crippen MR) is 68.5 cm³/mol. The third kappa shape index (κ3) is 3.81. The van der Waals surface area contributed by atoms with Gasteiger partial charge in [-0.1, -0.05) is 6.07 Å². The molecule has 0 aliphatic carbocycles. The molecule has 0 radical (unpaired) electrons. The first kappa shape index (κ1) is 13.6. The molecule has 1 rings (SSSR count). The minimum absolute atomic E-state index is 0.00255. The molecule has 0 aromatic carbocycles. The highest BCUT2D eigenvalue weighted by Gasteiger charge is 2.20. The molecule has 0 saturated heterocycles. The Bertz CT molecular complexity index is 374. The minimum Gasteiger partial charge on any atom is -0.314 e. The number of pyridine rings is 1. The lowest BCUT2D eigenvalue weighted by Crippen LogP contribution is -2.47. The third-order valence-corrected chi connectivity index (χ3v) is 3.57. The Kier molecular flexibility index (Phi) is 5.32. The van der Waals surface area contributed by atoms with Crippen LogP contribution in [0.3, 0.4) is 0 Å². The standard InChI is InChI=1S/C11H16Cl2N2O/c1-11(8-12,9-13)14-5-7-15-6-3-2-4-10(15)16/h2-4,6,14H,5,7-9H2,1H3. The van der Waals surface area contributed by atoms with Gasteiger partial charge in [-0.2, -0.15) is 0 Å². The number of alkyl halides is 2. The molecule has 0 spiro atoms. The molecule has 0 aliphatic rings. The van der Waals surface area contributed by atoms with Crippen molar-refractivity contribution in [2.24, 2.45) is 0 Å². The van der Waals surface area contributed by atoms with Crippen molar-refractivity contribution in [3.8, 4) is 0 Å². The van der Waals surface area contributed by atoms with Gasteiger partial charge in [0.05, 0.1) is 0 Å². The van der Waals surface area contributed by atoms with Gasteiger partial charge in [0.1, 0.15) is 0 Å². The molecule has 5 heteroatoms. The number of hydrogen-bond acceptors (Lipinski definition) is 2. The topological polar surface area (TPSA) is 34.0 Å². The quantitative estimate of drug-likeness (QED) is 0.792. The Morgan fingerprint density at radius 3 is 2.62 bits per heavy atom. The van der Waals surface area contributed by atoms with E-state index in [-0.39, 0.29) is 11.1 Å². The van der Waals surface area contributed by atoms with Crippen molar-refractivity contribution in [3.05, 3.63) is 34.7 Å². The lowest BCUT2D eigenvalue weighted by molar-refractivity contribution is 0.419. The van der Waals surface area contributed by atoms with Crippen molar-refractivity contribution in [1.82, 2.24) is 9.88 Å². The normalized spacial score (nSPS) is 11.7. The number of hydrogen-bond donors (Lipinski definition) is 1. The molecule has 0 bridgehead atoms. The van der Waals surface area contributed by atoms with Gasteiger partial charge in [-0.25, -0.2) is 0 Å². The van der Waals surface area contributed by atoms with E-state index in [0.717, 1.165) is 0 Å². The number of nitrogens with one attached hydrogen (secondary N) is 1. The molecule has 1 heterocycles. The van der Waals surface area contributed by atoms with Crippen molar-refractivity contribution in [1.29, 1.82) is 0 Å². The second-order valence-corrected chi connectivity index (χ2v) is 4.52. The van der Waals surface area contributed by atoms with Crippen LogP contribution in [0.1, 0.15) is 6.92 Å². The van der Waals surface area contributed by atoms with Crippen LogP contribution >= 0.6 is 23.2 Å². The first-order chi connectivity index (χ1) is 7.61. The summed E-state index contributed by atoms with van der Waals surface area (Å²) in [5.74, 6) is 0.889. The van der Waals surface area contributed by atoms with Gasteiger partial charge in [0.2, 0.25) is 0 Å². The fraction of sp³-hybridized carbons (Fsp3) is 0.545. The SMILES string of the molecule is CC(CCl)(CCl)NCCn1ccccc1=O. The van der Waals surface area contributed by atoms with Gasteiger partial charge in [0.25, 0.3) is 5.56 Å². The van der Waals surface area contributed by atoms with E-state index in [0.29, 0.717) is 24.8 Å². The van der Waals surface area contributed by atoms with Crippen molar-refractivity contribution in [3.63, 3.8) is 0 Å². The summed E-state index contributed by atoms with van der Waals surface area (Å²) in [5.41, 5.74) is -0.274. The molecule has 16 heavy (non-hydrogen) atoms. The summed E-state index contributed by atoms with van der Waals surface area (Å²) >= 11 is 11.6. The first-order valence-corrected chi connectivity index (χ1v) is 6.21. The van der Waals surface area contributed by atoms with Gasteiger partial charge >= 0.3 is 0 Å². The van der Waals surface area contributed by atoms with Crippen LogP contribution in [0.15, 0.2) is 29.2 Å². The monoisotopic (exact) mass is 262 g/mol. The molecule has 90 valence electrons. The highest BCUT2D eigenvalue weighted by atomic mass is 35.5. The van der Waals surface area contributed by atoms with Crippen molar-refractivity contribution in [2.75, 3.05) is 18.3 Å². The summed E-state index contributed by atoms with van der Waals surface area (Å²) < 4.78 is 1.65. The molecular weight excluding hydrogens is 247 g/mol. The van der Waals surface area contributed by atoms with Gasteiger partial charge in [-0.05, 0) is 13.0 Å².